The summed E-state index contributed by atoms with van der Waals surface area (Å²) in [5.41, 5.74) is -0.222. The van der Waals surface area contributed by atoms with Gasteiger partial charge in [0.05, 0.1) is 18.0 Å². The number of nitrogens with zero attached hydrogens (tertiary/aromatic N) is 1. The fourth-order valence-corrected chi connectivity index (χ4v) is 6.79. The smallest absolute Gasteiger partial charge is 0.245 e. The van der Waals surface area contributed by atoms with Gasteiger partial charge in [0.1, 0.15) is 11.5 Å². The summed E-state index contributed by atoms with van der Waals surface area (Å²) >= 11 is 0. The minimum Gasteiger partial charge on any atom is -0.493 e. The standard InChI is InChI=1S/C32H42N4O6S/c1-24(2)23-36(43(40,41)28-13-14-29-26(20-28)15-19-42-29)32(39,21-25-8-4-3-5-9-25)16-18-34-30(37)10-6-7-17-33-31(38)22-35-27-11-12-27/h3-5,8-9,13-14,20,24,27,35,39H,6,10-12,15-16,18-19,21-23H2,1-2H3,(H,33,38)(H,34,37). The van der Waals surface area contributed by atoms with E-state index in [0.717, 1.165) is 24.0 Å². The monoisotopic (exact) mass is 610 g/mol. The zero-order chi connectivity index (χ0) is 30.9. The molecule has 1 atom stereocenters. The lowest BCUT2D eigenvalue weighted by molar-refractivity contribution is -0.121. The predicted molar refractivity (Wildman–Crippen MR) is 163 cm³/mol. The fraction of sp³-hybridized carbons (Fsp3) is 0.500. The van der Waals surface area contributed by atoms with E-state index >= 15 is 0 Å². The van der Waals surface area contributed by atoms with E-state index in [1.165, 1.54) is 10.4 Å². The second-order valence-corrected chi connectivity index (χ2v) is 13.4. The third kappa shape index (κ3) is 9.53. The number of carbonyl (C=O) groups is 2. The number of hydrogen-bond acceptors (Lipinski definition) is 7. The minimum absolute atomic E-state index is 0.0244. The molecule has 4 rings (SSSR count). The third-order valence-electron chi connectivity index (χ3n) is 7.32. The molecule has 0 bridgehead atoms. The van der Waals surface area contributed by atoms with E-state index in [4.69, 9.17) is 4.74 Å². The van der Waals surface area contributed by atoms with Crippen LogP contribution in [-0.4, -0.2) is 67.7 Å². The molecule has 2 aliphatic rings. The molecule has 1 saturated carbocycles. The molecule has 1 aliphatic carbocycles. The molecule has 0 saturated heterocycles. The van der Waals surface area contributed by atoms with Crippen LogP contribution in [0.4, 0.5) is 0 Å². The molecule has 2 aromatic carbocycles. The van der Waals surface area contributed by atoms with Gasteiger partial charge in [0.25, 0.3) is 0 Å². The average Bonchev–Trinajstić information content (AvgIpc) is 3.69. The van der Waals surface area contributed by atoms with Gasteiger partial charge in [-0.15, -0.1) is 0 Å². The highest BCUT2D eigenvalue weighted by Gasteiger charge is 2.43. The van der Waals surface area contributed by atoms with Crippen LogP contribution in [0.3, 0.4) is 0 Å². The maximum atomic E-state index is 14.1. The van der Waals surface area contributed by atoms with Crippen molar-refractivity contribution in [3.05, 3.63) is 59.7 Å². The van der Waals surface area contributed by atoms with E-state index in [9.17, 15) is 23.1 Å². The van der Waals surface area contributed by atoms with Gasteiger partial charge in [0, 0.05) is 57.3 Å². The Balaban J connectivity index is 1.42. The van der Waals surface area contributed by atoms with Gasteiger partial charge < -0.3 is 20.5 Å². The Morgan fingerprint density at radius 2 is 1.91 bits per heavy atom. The van der Waals surface area contributed by atoms with Crippen LogP contribution in [0.5, 0.6) is 5.75 Å². The summed E-state index contributed by atoms with van der Waals surface area (Å²) in [5, 5.41) is 20.6. The molecule has 4 N–H and O–H groups in total. The summed E-state index contributed by atoms with van der Waals surface area (Å²) in [6.07, 6.45) is 3.17. The Labute approximate surface area is 254 Å². The molecule has 10 nitrogen and oxygen atoms in total. The molecule has 232 valence electrons. The van der Waals surface area contributed by atoms with Gasteiger partial charge in [-0.25, -0.2) is 8.42 Å². The van der Waals surface area contributed by atoms with E-state index in [1.54, 1.807) is 12.1 Å². The van der Waals surface area contributed by atoms with Gasteiger partial charge in [0.15, 0.2) is 0 Å². The van der Waals surface area contributed by atoms with Crippen LogP contribution in [0, 0.1) is 17.9 Å². The molecule has 1 fully saturated rings. The first kappa shape index (κ1) is 32.5. The maximum Gasteiger partial charge on any atom is 0.245 e. The average molecular weight is 611 g/mol. The molecule has 1 unspecified atom stereocenters. The van der Waals surface area contributed by atoms with Crippen LogP contribution >= 0.6 is 0 Å². The van der Waals surface area contributed by atoms with Crippen molar-refractivity contribution in [2.24, 2.45) is 5.92 Å². The van der Waals surface area contributed by atoms with Crippen LogP contribution in [0.2, 0.25) is 0 Å². The first-order valence-corrected chi connectivity index (χ1v) is 16.3. The SMILES string of the molecule is CC(C)CN(C(O)(CCNC(=O)CCC#CNC(=O)CNC1CC1)Cc1ccccc1)S(=O)(=O)c1ccc2c(c1)CCO2. The van der Waals surface area contributed by atoms with Crippen molar-refractivity contribution in [1.82, 2.24) is 20.3 Å². The van der Waals surface area contributed by atoms with Crippen molar-refractivity contribution in [1.29, 1.82) is 0 Å². The fourth-order valence-electron chi connectivity index (χ4n) is 4.91. The number of amides is 2. The second kappa shape index (κ2) is 14.8. The van der Waals surface area contributed by atoms with Crippen molar-refractivity contribution in [3.8, 4) is 17.7 Å². The van der Waals surface area contributed by atoms with Gasteiger partial charge in [0.2, 0.25) is 21.8 Å². The van der Waals surface area contributed by atoms with Crippen molar-refractivity contribution in [2.45, 2.75) is 75.5 Å². The highest BCUT2D eigenvalue weighted by atomic mass is 32.2. The van der Waals surface area contributed by atoms with Gasteiger partial charge in [-0.1, -0.05) is 50.1 Å². The summed E-state index contributed by atoms with van der Waals surface area (Å²) in [7, 11) is -4.12. The van der Waals surface area contributed by atoms with Crippen molar-refractivity contribution in [3.63, 3.8) is 0 Å². The Hall–Kier alpha value is -3.43. The van der Waals surface area contributed by atoms with Gasteiger partial charge in [-0.05, 0) is 48.1 Å². The van der Waals surface area contributed by atoms with Gasteiger partial charge in [-0.2, -0.15) is 4.31 Å². The number of ether oxygens (including phenoxy) is 1. The van der Waals surface area contributed by atoms with Gasteiger partial charge in [-0.3, -0.25) is 14.9 Å². The first-order valence-electron chi connectivity index (χ1n) is 14.9. The largest absolute Gasteiger partial charge is 0.493 e. The summed E-state index contributed by atoms with van der Waals surface area (Å²) in [6, 6.07) is 17.0. The van der Waals surface area contributed by atoms with Crippen LogP contribution in [0.1, 0.15) is 57.1 Å². The molecule has 0 aromatic heterocycles. The number of benzene rings is 2. The Morgan fingerprint density at radius 1 is 1.14 bits per heavy atom. The van der Waals surface area contributed by atoms with E-state index in [-0.39, 0.29) is 67.9 Å². The summed E-state index contributed by atoms with van der Waals surface area (Å²) in [5.74, 6) is 2.87. The topological polar surface area (TPSA) is 137 Å². The normalized spacial score (nSPS) is 15.7. The van der Waals surface area contributed by atoms with Gasteiger partial charge >= 0.3 is 0 Å². The van der Waals surface area contributed by atoms with E-state index in [2.05, 4.69) is 27.9 Å². The minimum atomic E-state index is -4.12. The molecule has 11 heteroatoms. The number of sulfonamides is 1. The molecular formula is C32H42N4O6S. The van der Waals surface area contributed by atoms with E-state index in [0.29, 0.717) is 24.8 Å². The van der Waals surface area contributed by atoms with Crippen molar-refractivity contribution < 1.29 is 27.9 Å². The Morgan fingerprint density at radius 3 is 2.63 bits per heavy atom. The highest BCUT2D eigenvalue weighted by molar-refractivity contribution is 7.89. The summed E-state index contributed by atoms with van der Waals surface area (Å²) in [4.78, 5) is 24.4. The molecule has 0 radical (unpaired) electrons. The van der Waals surface area contributed by atoms with Crippen molar-refractivity contribution >= 4 is 21.8 Å². The van der Waals surface area contributed by atoms with Crippen LogP contribution in [-0.2, 0) is 32.5 Å². The maximum absolute atomic E-state index is 14.1. The predicted octanol–water partition coefficient (Wildman–Crippen LogP) is 2.32. The zero-order valence-corrected chi connectivity index (χ0v) is 25.7. The second-order valence-electron chi connectivity index (χ2n) is 11.5. The summed E-state index contributed by atoms with van der Waals surface area (Å²) in [6.45, 7) is 4.67. The number of nitrogens with one attached hydrogen (secondary N) is 3. The molecule has 1 aliphatic heterocycles. The molecule has 43 heavy (non-hydrogen) atoms. The van der Waals surface area contributed by atoms with Crippen LogP contribution < -0.4 is 20.7 Å². The van der Waals surface area contributed by atoms with Crippen LogP contribution in [0.25, 0.3) is 0 Å². The Bertz CT molecular complexity index is 1430. The summed E-state index contributed by atoms with van der Waals surface area (Å²) < 4.78 is 35.0. The van der Waals surface area contributed by atoms with E-state index in [1.807, 2.05) is 44.2 Å². The molecule has 0 spiro atoms. The zero-order valence-electron chi connectivity index (χ0n) is 24.9. The molecule has 2 amide bonds. The van der Waals surface area contributed by atoms with E-state index < -0.39 is 15.7 Å². The number of aliphatic hydroxyl groups is 1. The lowest BCUT2D eigenvalue weighted by Gasteiger charge is -2.40. The van der Waals surface area contributed by atoms with Crippen LogP contribution in [0.15, 0.2) is 53.4 Å². The van der Waals surface area contributed by atoms with Crippen molar-refractivity contribution in [2.75, 3.05) is 26.2 Å². The lowest BCUT2D eigenvalue weighted by Crippen LogP contribution is -2.55. The number of hydrogen-bond donors (Lipinski definition) is 4. The molecule has 1 heterocycles. The number of fused-ring (bicyclic) bond motifs is 1. The Kier molecular flexibility index (Phi) is 11.2. The third-order valence-corrected chi connectivity index (χ3v) is 9.24. The first-order chi connectivity index (χ1) is 20.6. The lowest BCUT2D eigenvalue weighted by atomic mass is 9.98. The highest BCUT2D eigenvalue weighted by Crippen LogP contribution is 2.33. The number of rotatable bonds is 15. The quantitative estimate of drug-likeness (QED) is 0.138. The molecule has 2 aromatic rings. The molecular weight excluding hydrogens is 568 g/mol. The number of carbonyl (C=O) groups excluding carboxylic acids is 2.